The van der Waals surface area contributed by atoms with Crippen LogP contribution in [-0.4, -0.2) is 61.6 Å². The summed E-state index contributed by atoms with van der Waals surface area (Å²) < 4.78 is 0. The van der Waals surface area contributed by atoms with E-state index in [0.717, 1.165) is 58.8 Å². The smallest absolute Gasteiger partial charge is 0.317 e. The zero-order chi connectivity index (χ0) is 17.8. The maximum absolute atomic E-state index is 12.4. The molecule has 5 nitrogen and oxygen atoms in total. The number of fused-ring (bicyclic) bond motifs is 1. The summed E-state index contributed by atoms with van der Waals surface area (Å²) in [5, 5.41) is 5.29. The Labute approximate surface area is 159 Å². The van der Waals surface area contributed by atoms with Crippen molar-refractivity contribution in [1.29, 1.82) is 0 Å². The van der Waals surface area contributed by atoms with E-state index in [-0.39, 0.29) is 6.03 Å². The van der Waals surface area contributed by atoms with Gasteiger partial charge in [-0.2, -0.15) is 0 Å². The minimum absolute atomic E-state index is 0.0749. The van der Waals surface area contributed by atoms with Crippen molar-refractivity contribution in [1.82, 2.24) is 15.1 Å². The van der Waals surface area contributed by atoms with Crippen LogP contribution in [0.25, 0.3) is 0 Å². The van der Waals surface area contributed by atoms with Crippen LogP contribution in [0.4, 0.5) is 10.5 Å². The van der Waals surface area contributed by atoms with E-state index in [4.69, 9.17) is 0 Å². The molecular formula is C20H26N4OS. The normalized spacial score (nSPS) is 17.8. The number of anilines is 1. The maximum atomic E-state index is 12.4. The van der Waals surface area contributed by atoms with Gasteiger partial charge in [0.1, 0.15) is 0 Å². The summed E-state index contributed by atoms with van der Waals surface area (Å²) >= 11 is 1.87. The maximum Gasteiger partial charge on any atom is 0.317 e. The van der Waals surface area contributed by atoms with Gasteiger partial charge in [0, 0.05) is 62.9 Å². The molecule has 0 unspecified atom stereocenters. The number of hydrogen-bond donors (Lipinski definition) is 1. The van der Waals surface area contributed by atoms with E-state index in [0.29, 0.717) is 0 Å². The van der Waals surface area contributed by atoms with Crippen molar-refractivity contribution in [2.75, 3.05) is 50.7 Å². The van der Waals surface area contributed by atoms with E-state index < -0.39 is 0 Å². The molecule has 0 aliphatic carbocycles. The molecule has 0 spiro atoms. The number of nitrogens with one attached hydrogen (secondary N) is 1. The number of thiophene rings is 1. The van der Waals surface area contributed by atoms with Gasteiger partial charge in [0.2, 0.25) is 0 Å². The lowest BCUT2D eigenvalue weighted by Gasteiger charge is -2.36. The average Bonchev–Trinajstić information content (AvgIpc) is 3.16. The number of rotatable bonds is 4. The van der Waals surface area contributed by atoms with Gasteiger partial charge in [-0.1, -0.05) is 18.2 Å². The Bertz CT molecular complexity index is 724. The van der Waals surface area contributed by atoms with Crippen molar-refractivity contribution in [3.8, 4) is 0 Å². The van der Waals surface area contributed by atoms with Gasteiger partial charge in [-0.3, -0.25) is 4.90 Å². The van der Waals surface area contributed by atoms with Crippen molar-refractivity contribution in [3.05, 3.63) is 52.2 Å². The van der Waals surface area contributed by atoms with Crippen LogP contribution in [0.15, 0.2) is 41.8 Å². The minimum atomic E-state index is 0.0749. The average molecular weight is 371 g/mol. The molecule has 138 valence electrons. The standard InChI is InChI=1S/C20H26N4OS/c25-20(21-8-10-22-9-6-19-17(16-22)7-15-26-19)24-13-11-23(12-14-24)18-4-2-1-3-5-18/h1-5,7,15H,6,8-14,16H2,(H,21,25). The zero-order valence-electron chi connectivity index (χ0n) is 15.1. The van der Waals surface area contributed by atoms with Gasteiger partial charge in [-0.05, 0) is 35.6 Å². The van der Waals surface area contributed by atoms with Gasteiger partial charge in [0.25, 0.3) is 0 Å². The third kappa shape index (κ3) is 4.02. The quantitative estimate of drug-likeness (QED) is 0.899. The van der Waals surface area contributed by atoms with Crippen LogP contribution < -0.4 is 10.2 Å². The third-order valence-electron chi connectivity index (χ3n) is 5.28. The Hall–Kier alpha value is -2.05. The first-order chi connectivity index (χ1) is 12.8. The highest BCUT2D eigenvalue weighted by atomic mass is 32.1. The summed E-state index contributed by atoms with van der Waals surface area (Å²) in [4.78, 5) is 20.7. The van der Waals surface area contributed by atoms with Crippen LogP contribution in [0.2, 0.25) is 0 Å². The highest BCUT2D eigenvalue weighted by molar-refractivity contribution is 7.10. The predicted molar refractivity (Wildman–Crippen MR) is 107 cm³/mol. The second kappa shape index (κ2) is 8.10. The van der Waals surface area contributed by atoms with Gasteiger partial charge in [-0.15, -0.1) is 11.3 Å². The summed E-state index contributed by atoms with van der Waals surface area (Å²) in [5.41, 5.74) is 2.70. The van der Waals surface area contributed by atoms with E-state index >= 15 is 0 Å². The van der Waals surface area contributed by atoms with Crippen LogP contribution in [0.5, 0.6) is 0 Å². The first-order valence-electron chi connectivity index (χ1n) is 9.40. The summed E-state index contributed by atoms with van der Waals surface area (Å²) in [6.07, 6.45) is 1.14. The van der Waals surface area contributed by atoms with Gasteiger partial charge >= 0.3 is 6.03 Å². The number of carbonyl (C=O) groups excluding carboxylic acids is 1. The molecule has 3 heterocycles. The molecule has 1 N–H and O–H groups in total. The Morgan fingerprint density at radius 1 is 1.04 bits per heavy atom. The molecular weight excluding hydrogens is 344 g/mol. The molecule has 1 saturated heterocycles. The van der Waals surface area contributed by atoms with Crippen LogP contribution >= 0.6 is 11.3 Å². The molecule has 2 aromatic rings. The molecule has 0 atom stereocenters. The number of carbonyl (C=O) groups is 1. The number of urea groups is 1. The van der Waals surface area contributed by atoms with E-state index in [2.05, 4.69) is 50.8 Å². The van der Waals surface area contributed by atoms with Crippen LogP contribution in [0, 0.1) is 0 Å². The number of para-hydroxylation sites is 1. The van der Waals surface area contributed by atoms with Crippen molar-refractivity contribution in [2.24, 2.45) is 0 Å². The lowest BCUT2D eigenvalue weighted by atomic mass is 10.1. The number of benzene rings is 1. The molecule has 0 bridgehead atoms. The largest absolute Gasteiger partial charge is 0.368 e. The predicted octanol–water partition coefficient (Wildman–Crippen LogP) is 2.64. The van der Waals surface area contributed by atoms with Gasteiger partial charge in [0.05, 0.1) is 0 Å². The number of amides is 2. The van der Waals surface area contributed by atoms with E-state index in [1.807, 2.05) is 22.3 Å². The SMILES string of the molecule is O=C(NCCN1CCc2sccc2C1)N1CCN(c2ccccc2)CC1. The van der Waals surface area contributed by atoms with E-state index in [9.17, 15) is 4.79 Å². The topological polar surface area (TPSA) is 38.8 Å². The highest BCUT2D eigenvalue weighted by Gasteiger charge is 2.21. The second-order valence-electron chi connectivity index (χ2n) is 6.94. The molecule has 0 radical (unpaired) electrons. The minimum Gasteiger partial charge on any atom is -0.368 e. The monoisotopic (exact) mass is 370 g/mol. The van der Waals surface area contributed by atoms with E-state index in [1.165, 1.54) is 16.1 Å². The van der Waals surface area contributed by atoms with Gasteiger partial charge in [0.15, 0.2) is 0 Å². The van der Waals surface area contributed by atoms with Crippen molar-refractivity contribution in [2.45, 2.75) is 13.0 Å². The van der Waals surface area contributed by atoms with Crippen LogP contribution in [-0.2, 0) is 13.0 Å². The number of hydrogen-bond acceptors (Lipinski definition) is 4. The van der Waals surface area contributed by atoms with Crippen molar-refractivity contribution in [3.63, 3.8) is 0 Å². The summed E-state index contributed by atoms with van der Waals surface area (Å²) in [6, 6.07) is 12.7. The summed E-state index contributed by atoms with van der Waals surface area (Å²) in [7, 11) is 0. The van der Waals surface area contributed by atoms with E-state index in [1.54, 1.807) is 0 Å². The summed E-state index contributed by atoms with van der Waals surface area (Å²) in [6.45, 7) is 7.10. The Balaban J connectivity index is 1.18. The molecule has 1 aromatic heterocycles. The Morgan fingerprint density at radius 2 is 1.85 bits per heavy atom. The Morgan fingerprint density at radius 3 is 2.65 bits per heavy atom. The third-order valence-corrected chi connectivity index (χ3v) is 6.30. The van der Waals surface area contributed by atoms with Gasteiger partial charge < -0.3 is 15.1 Å². The van der Waals surface area contributed by atoms with Crippen LogP contribution in [0.1, 0.15) is 10.4 Å². The lowest BCUT2D eigenvalue weighted by Crippen LogP contribution is -2.52. The molecule has 4 rings (SSSR count). The number of piperazine rings is 1. The molecule has 6 heteroatoms. The molecule has 26 heavy (non-hydrogen) atoms. The number of nitrogens with zero attached hydrogens (tertiary/aromatic N) is 3. The van der Waals surface area contributed by atoms with Crippen molar-refractivity contribution < 1.29 is 4.79 Å². The molecule has 1 fully saturated rings. The first kappa shape index (κ1) is 17.4. The van der Waals surface area contributed by atoms with Crippen molar-refractivity contribution >= 4 is 23.1 Å². The molecule has 2 aliphatic heterocycles. The highest BCUT2D eigenvalue weighted by Crippen LogP contribution is 2.23. The Kier molecular flexibility index (Phi) is 5.41. The first-order valence-corrected chi connectivity index (χ1v) is 10.3. The molecule has 1 aromatic carbocycles. The lowest BCUT2D eigenvalue weighted by molar-refractivity contribution is 0.190. The van der Waals surface area contributed by atoms with Crippen LogP contribution in [0.3, 0.4) is 0 Å². The zero-order valence-corrected chi connectivity index (χ0v) is 15.9. The molecule has 2 aliphatic rings. The fourth-order valence-corrected chi connectivity index (χ4v) is 4.63. The fraction of sp³-hybridized carbons (Fsp3) is 0.450. The molecule has 0 saturated carbocycles. The fourth-order valence-electron chi connectivity index (χ4n) is 3.74. The summed E-state index contributed by atoms with van der Waals surface area (Å²) in [5.74, 6) is 0. The second-order valence-corrected chi connectivity index (χ2v) is 7.94. The molecule has 2 amide bonds. The van der Waals surface area contributed by atoms with Gasteiger partial charge in [-0.25, -0.2) is 4.79 Å².